The molecule has 1 aliphatic rings. The molecule has 1 aromatic rings. The summed E-state index contributed by atoms with van der Waals surface area (Å²) in [7, 11) is 0. The van der Waals surface area contributed by atoms with Crippen LogP contribution in [-0.2, 0) is 14.3 Å². The first kappa shape index (κ1) is 10.2. The van der Waals surface area contributed by atoms with Gasteiger partial charge in [0.1, 0.15) is 0 Å². The van der Waals surface area contributed by atoms with Gasteiger partial charge in [-0.2, -0.15) is 0 Å². The minimum atomic E-state index is -0.766. The molecule has 2 atom stereocenters. The number of benzene rings is 1. The first-order valence-corrected chi connectivity index (χ1v) is 5.10. The van der Waals surface area contributed by atoms with Crippen LogP contribution in [-0.4, -0.2) is 11.8 Å². The van der Waals surface area contributed by atoms with Gasteiger partial charge in [0.05, 0.1) is 0 Å². The van der Waals surface area contributed by atoms with Gasteiger partial charge in [-0.3, -0.25) is 0 Å². The predicted octanol–water partition coefficient (Wildman–Crippen LogP) is 2.43. The molecule has 15 heavy (non-hydrogen) atoms. The van der Waals surface area contributed by atoms with Crippen molar-refractivity contribution in [2.45, 2.75) is 32.2 Å². The molecule has 0 saturated carbocycles. The summed E-state index contributed by atoms with van der Waals surface area (Å²) in [5.41, 5.74) is 0.847. The van der Waals surface area contributed by atoms with Gasteiger partial charge in [0.25, 0.3) is 0 Å². The lowest BCUT2D eigenvalue weighted by molar-refractivity contribution is -0.169. The van der Waals surface area contributed by atoms with Crippen molar-refractivity contribution in [1.29, 1.82) is 0 Å². The molecule has 80 valence electrons. The van der Waals surface area contributed by atoms with E-state index in [2.05, 4.69) is 0 Å². The van der Waals surface area contributed by atoms with Gasteiger partial charge in [0, 0.05) is 13.3 Å². The lowest BCUT2D eigenvalue weighted by atomic mass is 10.1. The number of hydrogen-bond donors (Lipinski definition) is 0. The van der Waals surface area contributed by atoms with Gasteiger partial charge >= 0.3 is 5.97 Å². The van der Waals surface area contributed by atoms with Gasteiger partial charge in [-0.05, 0) is 5.56 Å². The maximum absolute atomic E-state index is 11.6. The number of rotatable bonds is 2. The Bertz CT molecular complexity index is 360. The molecule has 0 aromatic heterocycles. The van der Waals surface area contributed by atoms with Gasteiger partial charge in [-0.1, -0.05) is 37.3 Å². The molecule has 1 saturated heterocycles. The fourth-order valence-corrected chi connectivity index (χ4v) is 1.58. The van der Waals surface area contributed by atoms with E-state index in [1.807, 2.05) is 37.3 Å². The van der Waals surface area contributed by atoms with E-state index in [-0.39, 0.29) is 5.97 Å². The minimum Gasteiger partial charge on any atom is -0.431 e. The minimum absolute atomic E-state index is 0.300. The Morgan fingerprint density at radius 1 is 1.33 bits per heavy atom. The zero-order valence-electron chi connectivity index (χ0n) is 8.90. The fraction of sp³-hybridized carbons (Fsp3) is 0.417. The van der Waals surface area contributed by atoms with Crippen LogP contribution >= 0.6 is 0 Å². The highest BCUT2D eigenvalue weighted by Gasteiger charge is 2.43. The van der Waals surface area contributed by atoms with E-state index in [1.165, 1.54) is 0 Å². The van der Waals surface area contributed by atoms with Crippen LogP contribution in [0.4, 0.5) is 0 Å². The van der Waals surface area contributed by atoms with Crippen molar-refractivity contribution >= 4 is 5.97 Å². The standard InChI is InChI=1S/C12H14O3/c1-3-12(2)14-10(11(13)15-12)9-7-5-4-6-8-9/h4-8,10H,3H2,1-2H3/t10-,12-/m1/s1. The van der Waals surface area contributed by atoms with E-state index in [9.17, 15) is 4.79 Å². The van der Waals surface area contributed by atoms with Gasteiger partial charge in [0.2, 0.25) is 5.79 Å². The highest BCUT2D eigenvalue weighted by molar-refractivity contribution is 5.78. The highest BCUT2D eigenvalue weighted by atomic mass is 16.8. The Morgan fingerprint density at radius 3 is 2.53 bits per heavy atom. The van der Waals surface area contributed by atoms with Crippen LogP contribution in [0.25, 0.3) is 0 Å². The number of hydrogen-bond acceptors (Lipinski definition) is 3. The molecule has 1 fully saturated rings. The van der Waals surface area contributed by atoms with Crippen molar-refractivity contribution in [3.05, 3.63) is 35.9 Å². The van der Waals surface area contributed by atoms with Crippen molar-refractivity contribution in [1.82, 2.24) is 0 Å². The van der Waals surface area contributed by atoms with E-state index in [1.54, 1.807) is 6.92 Å². The molecule has 0 unspecified atom stereocenters. The maximum Gasteiger partial charge on any atom is 0.342 e. The van der Waals surface area contributed by atoms with Crippen LogP contribution in [0.5, 0.6) is 0 Å². The second-order valence-corrected chi connectivity index (χ2v) is 3.82. The molecule has 3 nitrogen and oxygen atoms in total. The number of ether oxygens (including phenoxy) is 2. The largest absolute Gasteiger partial charge is 0.431 e. The smallest absolute Gasteiger partial charge is 0.342 e. The van der Waals surface area contributed by atoms with Crippen LogP contribution in [0, 0.1) is 0 Å². The third kappa shape index (κ3) is 1.88. The molecule has 0 amide bonds. The monoisotopic (exact) mass is 206 g/mol. The fourth-order valence-electron chi connectivity index (χ4n) is 1.58. The maximum atomic E-state index is 11.6. The summed E-state index contributed by atoms with van der Waals surface area (Å²) in [5.74, 6) is -1.07. The molecule has 0 N–H and O–H groups in total. The first-order chi connectivity index (χ1) is 7.14. The van der Waals surface area contributed by atoms with Crippen molar-refractivity contribution in [3.8, 4) is 0 Å². The summed E-state index contributed by atoms with van der Waals surface area (Å²) >= 11 is 0. The lowest BCUT2D eigenvalue weighted by Crippen LogP contribution is -2.24. The molecule has 2 rings (SSSR count). The molecular weight excluding hydrogens is 192 g/mol. The molecule has 1 heterocycles. The quantitative estimate of drug-likeness (QED) is 0.697. The molecular formula is C12H14O3. The lowest BCUT2D eigenvalue weighted by Gasteiger charge is -2.19. The summed E-state index contributed by atoms with van der Waals surface area (Å²) in [6.45, 7) is 3.72. The average molecular weight is 206 g/mol. The van der Waals surface area contributed by atoms with Crippen molar-refractivity contribution in [2.24, 2.45) is 0 Å². The van der Waals surface area contributed by atoms with Gasteiger partial charge in [0.15, 0.2) is 6.10 Å². The van der Waals surface area contributed by atoms with Crippen molar-refractivity contribution in [3.63, 3.8) is 0 Å². The summed E-state index contributed by atoms with van der Waals surface area (Å²) in [6.07, 6.45) is 0.0818. The van der Waals surface area contributed by atoms with Gasteiger partial charge in [-0.25, -0.2) is 4.79 Å². The average Bonchev–Trinajstić information content (AvgIpc) is 2.57. The number of cyclic esters (lactones) is 1. The topological polar surface area (TPSA) is 35.5 Å². The molecule has 0 spiro atoms. The van der Waals surface area contributed by atoms with E-state index < -0.39 is 11.9 Å². The van der Waals surface area contributed by atoms with Crippen LogP contribution in [0.15, 0.2) is 30.3 Å². The number of carbonyl (C=O) groups excluding carboxylic acids is 1. The van der Waals surface area contributed by atoms with E-state index >= 15 is 0 Å². The SMILES string of the molecule is CC[C@@]1(C)OC(=O)[C@@H](c2ccccc2)O1. The predicted molar refractivity (Wildman–Crippen MR) is 55.1 cm³/mol. The van der Waals surface area contributed by atoms with Crippen LogP contribution in [0.3, 0.4) is 0 Å². The molecule has 0 radical (unpaired) electrons. The highest BCUT2D eigenvalue weighted by Crippen LogP contribution is 2.35. The van der Waals surface area contributed by atoms with E-state index in [4.69, 9.17) is 9.47 Å². The number of carbonyl (C=O) groups is 1. The molecule has 3 heteroatoms. The molecule has 1 aliphatic heterocycles. The van der Waals surface area contributed by atoms with Crippen LogP contribution < -0.4 is 0 Å². The summed E-state index contributed by atoms with van der Waals surface area (Å²) in [5, 5.41) is 0. The summed E-state index contributed by atoms with van der Waals surface area (Å²) in [4.78, 5) is 11.6. The zero-order valence-corrected chi connectivity index (χ0v) is 8.90. The third-order valence-corrected chi connectivity index (χ3v) is 2.64. The van der Waals surface area contributed by atoms with E-state index in [0.717, 1.165) is 5.56 Å². The Hall–Kier alpha value is -1.35. The van der Waals surface area contributed by atoms with Gasteiger partial charge < -0.3 is 9.47 Å². The summed E-state index contributed by atoms with van der Waals surface area (Å²) < 4.78 is 10.8. The van der Waals surface area contributed by atoms with Gasteiger partial charge in [-0.15, -0.1) is 0 Å². The molecule has 1 aromatic carbocycles. The zero-order chi connectivity index (χ0) is 10.9. The first-order valence-electron chi connectivity index (χ1n) is 5.10. The Kier molecular flexibility index (Phi) is 2.49. The normalized spacial score (nSPS) is 30.3. The van der Waals surface area contributed by atoms with E-state index in [0.29, 0.717) is 6.42 Å². The van der Waals surface area contributed by atoms with Crippen molar-refractivity contribution < 1.29 is 14.3 Å². The van der Waals surface area contributed by atoms with Crippen molar-refractivity contribution in [2.75, 3.05) is 0 Å². The Balaban J connectivity index is 2.23. The van der Waals surface area contributed by atoms with Crippen LogP contribution in [0.1, 0.15) is 31.9 Å². The molecule has 0 aliphatic carbocycles. The summed E-state index contributed by atoms with van der Waals surface area (Å²) in [6, 6.07) is 9.41. The number of esters is 1. The van der Waals surface area contributed by atoms with Crippen LogP contribution in [0.2, 0.25) is 0 Å². The Labute approximate surface area is 89.0 Å². The second kappa shape index (κ2) is 3.66. The Morgan fingerprint density at radius 2 is 2.00 bits per heavy atom. The second-order valence-electron chi connectivity index (χ2n) is 3.82. The molecule has 0 bridgehead atoms. The third-order valence-electron chi connectivity index (χ3n) is 2.64.